The second-order valence-corrected chi connectivity index (χ2v) is 4.31. The van der Waals surface area contributed by atoms with Gasteiger partial charge in [-0.3, -0.25) is 4.79 Å². The highest BCUT2D eigenvalue weighted by Crippen LogP contribution is 2.33. The van der Waals surface area contributed by atoms with Gasteiger partial charge in [0.15, 0.2) is 6.04 Å². The minimum atomic E-state index is -4.60. The number of hydrogen-bond donors (Lipinski definition) is 2. The van der Waals surface area contributed by atoms with Crippen molar-refractivity contribution in [3.8, 4) is 5.75 Å². The van der Waals surface area contributed by atoms with Gasteiger partial charge in [0.05, 0.1) is 7.11 Å². The number of aromatic amines is 1. The summed E-state index contributed by atoms with van der Waals surface area (Å²) in [7, 11) is 1.42. The van der Waals surface area contributed by atoms with Gasteiger partial charge in [0.25, 0.3) is 5.91 Å². The molecule has 1 aromatic carbocycles. The predicted molar refractivity (Wildman–Crippen MR) is 70.0 cm³/mol. The lowest BCUT2D eigenvalue weighted by molar-refractivity contribution is -0.155. The maximum atomic E-state index is 13.1. The van der Waals surface area contributed by atoms with Gasteiger partial charge < -0.3 is 15.0 Å². The fourth-order valence-electron chi connectivity index (χ4n) is 1.83. The highest BCUT2D eigenvalue weighted by molar-refractivity contribution is 5.92. The van der Waals surface area contributed by atoms with Crippen molar-refractivity contribution in [1.82, 2.24) is 10.3 Å². The Balaban J connectivity index is 2.24. The van der Waals surface area contributed by atoms with Crippen LogP contribution < -0.4 is 10.1 Å². The Bertz CT molecular complexity index is 592. The number of ether oxygens (including phenoxy) is 1. The van der Waals surface area contributed by atoms with Crippen LogP contribution in [0.2, 0.25) is 0 Å². The lowest BCUT2D eigenvalue weighted by Gasteiger charge is -2.22. The number of alkyl halides is 3. The van der Waals surface area contributed by atoms with E-state index in [1.807, 2.05) is 5.32 Å². The molecule has 2 rings (SSSR count). The zero-order chi connectivity index (χ0) is 15.5. The standard InChI is InChI=1S/C14H13F3N2O2/c1-21-10-6-4-9(5-7-10)12(14(15,16)17)19-13(20)11-3-2-8-18-11/h2-8,12,18H,1H3,(H,19,20). The zero-order valence-corrected chi connectivity index (χ0v) is 11.1. The Hall–Kier alpha value is -2.44. The summed E-state index contributed by atoms with van der Waals surface area (Å²) >= 11 is 0. The Morgan fingerprint density at radius 2 is 1.90 bits per heavy atom. The van der Waals surface area contributed by atoms with E-state index in [0.717, 1.165) is 0 Å². The Morgan fingerprint density at radius 3 is 2.38 bits per heavy atom. The van der Waals surface area contributed by atoms with Gasteiger partial charge in [-0.1, -0.05) is 12.1 Å². The van der Waals surface area contributed by atoms with Crippen LogP contribution in [-0.2, 0) is 0 Å². The maximum absolute atomic E-state index is 13.1. The summed E-state index contributed by atoms with van der Waals surface area (Å²) in [6, 6.07) is 6.21. The van der Waals surface area contributed by atoms with Crippen molar-refractivity contribution in [3.05, 3.63) is 53.9 Å². The minimum Gasteiger partial charge on any atom is -0.497 e. The molecule has 0 saturated carbocycles. The molecule has 7 heteroatoms. The molecular weight excluding hydrogens is 285 g/mol. The van der Waals surface area contributed by atoms with Gasteiger partial charge >= 0.3 is 6.18 Å². The molecule has 0 bridgehead atoms. The Labute approximate surface area is 118 Å². The van der Waals surface area contributed by atoms with Crippen LogP contribution in [0.5, 0.6) is 5.75 Å². The van der Waals surface area contributed by atoms with Crippen LogP contribution >= 0.6 is 0 Å². The lowest BCUT2D eigenvalue weighted by atomic mass is 10.1. The van der Waals surface area contributed by atoms with Crippen LogP contribution in [0.15, 0.2) is 42.6 Å². The van der Waals surface area contributed by atoms with Crippen LogP contribution in [0.1, 0.15) is 22.1 Å². The van der Waals surface area contributed by atoms with E-state index in [1.165, 1.54) is 49.7 Å². The first-order valence-corrected chi connectivity index (χ1v) is 6.06. The van der Waals surface area contributed by atoms with Gasteiger partial charge in [-0.15, -0.1) is 0 Å². The molecule has 1 atom stereocenters. The van der Waals surface area contributed by atoms with Crippen LogP contribution in [0.4, 0.5) is 13.2 Å². The number of aromatic nitrogens is 1. The van der Waals surface area contributed by atoms with Crippen LogP contribution in [0, 0.1) is 0 Å². The number of benzene rings is 1. The van der Waals surface area contributed by atoms with Crippen molar-refractivity contribution >= 4 is 5.91 Å². The number of H-pyrrole nitrogens is 1. The third-order valence-electron chi connectivity index (χ3n) is 2.89. The molecule has 0 aliphatic carbocycles. The van der Waals surface area contributed by atoms with Crippen LogP contribution in [-0.4, -0.2) is 24.2 Å². The molecule has 0 spiro atoms. The van der Waals surface area contributed by atoms with Crippen molar-refractivity contribution in [2.45, 2.75) is 12.2 Å². The molecule has 1 unspecified atom stereocenters. The minimum absolute atomic E-state index is 0.0665. The number of carbonyl (C=O) groups excluding carboxylic acids is 1. The van der Waals surface area contributed by atoms with E-state index in [2.05, 4.69) is 4.98 Å². The molecule has 0 radical (unpaired) electrons. The van der Waals surface area contributed by atoms with Crippen molar-refractivity contribution in [3.63, 3.8) is 0 Å². The molecule has 21 heavy (non-hydrogen) atoms. The van der Waals surface area contributed by atoms with E-state index in [4.69, 9.17) is 4.74 Å². The van der Waals surface area contributed by atoms with Crippen LogP contribution in [0.3, 0.4) is 0 Å². The summed E-state index contributed by atoms with van der Waals surface area (Å²) in [6.45, 7) is 0. The number of rotatable bonds is 4. The SMILES string of the molecule is COc1ccc(C(NC(=O)c2ccc[nH]2)C(F)(F)F)cc1. The molecule has 112 valence electrons. The van der Waals surface area contributed by atoms with E-state index in [0.29, 0.717) is 5.75 Å². The third kappa shape index (κ3) is 3.56. The van der Waals surface area contributed by atoms with Gasteiger partial charge in [-0.05, 0) is 29.8 Å². The average Bonchev–Trinajstić information content (AvgIpc) is 2.98. The average molecular weight is 298 g/mol. The summed E-state index contributed by atoms with van der Waals surface area (Å²) in [4.78, 5) is 14.4. The molecule has 0 fully saturated rings. The molecule has 1 heterocycles. The Kier molecular flexibility index (Phi) is 4.21. The summed E-state index contributed by atoms with van der Waals surface area (Å²) in [5.41, 5.74) is 0.000896. The second kappa shape index (κ2) is 5.90. The number of nitrogens with one attached hydrogen (secondary N) is 2. The zero-order valence-electron chi connectivity index (χ0n) is 11.1. The molecule has 1 amide bonds. The number of carbonyl (C=O) groups is 1. The van der Waals surface area contributed by atoms with Gasteiger partial charge in [-0.25, -0.2) is 0 Å². The van der Waals surface area contributed by atoms with Crippen molar-refractivity contribution < 1.29 is 22.7 Å². The summed E-state index contributed by atoms with van der Waals surface area (Å²) < 4.78 is 44.3. The van der Waals surface area contributed by atoms with Gasteiger partial charge in [-0.2, -0.15) is 13.2 Å². The molecule has 4 nitrogen and oxygen atoms in total. The van der Waals surface area contributed by atoms with Crippen LogP contribution in [0.25, 0.3) is 0 Å². The summed E-state index contributed by atoms with van der Waals surface area (Å²) in [5, 5.41) is 1.98. The molecule has 0 aliphatic rings. The molecule has 2 aromatic rings. The first-order chi connectivity index (χ1) is 9.91. The smallest absolute Gasteiger partial charge is 0.412 e. The summed E-state index contributed by atoms with van der Waals surface area (Å²) in [5.74, 6) is -0.381. The number of methoxy groups -OCH3 is 1. The van der Waals surface area contributed by atoms with E-state index in [-0.39, 0.29) is 11.3 Å². The fourth-order valence-corrected chi connectivity index (χ4v) is 1.83. The molecule has 0 saturated heterocycles. The summed E-state index contributed by atoms with van der Waals surface area (Å²) in [6.07, 6.45) is -3.14. The van der Waals surface area contributed by atoms with Crippen molar-refractivity contribution in [2.75, 3.05) is 7.11 Å². The highest BCUT2D eigenvalue weighted by atomic mass is 19.4. The van der Waals surface area contributed by atoms with Crippen molar-refractivity contribution in [2.24, 2.45) is 0 Å². The lowest BCUT2D eigenvalue weighted by Crippen LogP contribution is -2.38. The number of hydrogen-bond acceptors (Lipinski definition) is 2. The van der Waals surface area contributed by atoms with Gasteiger partial charge in [0.2, 0.25) is 0 Å². The normalized spacial score (nSPS) is 12.8. The first kappa shape index (κ1) is 15.0. The van der Waals surface area contributed by atoms with E-state index >= 15 is 0 Å². The predicted octanol–water partition coefficient (Wildman–Crippen LogP) is 3.06. The molecule has 0 aliphatic heterocycles. The largest absolute Gasteiger partial charge is 0.497 e. The molecule has 2 N–H and O–H groups in total. The quantitative estimate of drug-likeness (QED) is 0.911. The fraction of sp³-hybridized carbons (Fsp3) is 0.214. The number of amides is 1. The monoisotopic (exact) mass is 298 g/mol. The number of halogens is 3. The molecule has 1 aromatic heterocycles. The van der Waals surface area contributed by atoms with E-state index < -0.39 is 18.1 Å². The van der Waals surface area contributed by atoms with Crippen molar-refractivity contribution in [1.29, 1.82) is 0 Å². The molecular formula is C14H13F3N2O2. The Morgan fingerprint density at radius 1 is 1.24 bits per heavy atom. The first-order valence-electron chi connectivity index (χ1n) is 6.06. The second-order valence-electron chi connectivity index (χ2n) is 4.31. The van der Waals surface area contributed by atoms with E-state index in [1.54, 1.807) is 0 Å². The third-order valence-corrected chi connectivity index (χ3v) is 2.89. The topological polar surface area (TPSA) is 54.1 Å². The highest BCUT2D eigenvalue weighted by Gasteiger charge is 2.42. The van der Waals surface area contributed by atoms with Gasteiger partial charge in [0, 0.05) is 6.20 Å². The maximum Gasteiger partial charge on any atom is 0.412 e. The van der Waals surface area contributed by atoms with E-state index in [9.17, 15) is 18.0 Å². The van der Waals surface area contributed by atoms with Gasteiger partial charge in [0.1, 0.15) is 11.4 Å².